The fourth-order valence-electron chi connectivity index (χ4n) is 1.13. The van der Waals surface area contributed by atoms with Gasteiger partial charge < -0.3 is 14.2 Å². The SMILES string of the molecule is COCOC1CC[C@H](C)CO1. The molecular weight excluding hydrogens is 144 g/mol. The molecule has 1 heterocycles. The molecule has 2 atom stereocenters. The third kappa shape index (κ3) is 3.18. The van der Waals surface area contributed by atoms with E-state index in [0.29, 0.717) is 12.7 Å². The van der Waals surface area contributed by atoms with Crippen LogP contribution < -0.4 is 0 Å². The highest BCUT2D eigenvalue weighted by molar-refractivity contribution is 4.60. The lowest BCUT2D eigenvalue weighted by molar-refractivity contribution is -0.210. The van der Waals surface area contributed by atoms with Crippen LogP contribution >= 0.6 is 0 Å². The van der Waals surface area contributed by atoms with E-state index in [1.54, 1.807) is 7.11 Å². The van der Waals surface area contributed by atoms with Gasteiger partial charge in [-0.15, -0.1) is 0 Å². The van der Waals surface area contributed by atoms with Crippen LogP contribution in [-0.2, 0) is 14.2 Å². The minimum Gasteiger partial charge on any atom is -0.359 e. The Kier molecular flexibility index (Phi) is 3.83. The van der Waals surface area contributed by atoms with Crippen molar-refractivity contribution in [3.8, 4) is 0 Å². The minimum atomic E-state index is -0.0360. The van der Waals surface area contributed by atoms with E-state index in [4.69, 9.17) is 14.2 Å². The van der Waals surface area contributed by atoms with Crippen molar-refractivity contribution in [1.82, 2.24) is 0 Å². The molecule has 66 valence electrons. The smallest absolute Gasteiger partial charge is 0.160 e. The molecule has 1 fully saturated rings. The molecule has 0 aromatic carbocycles. The maximum absolute atomic E-state index is 5.39. The second-order valence-electron chi connectivity index (χ2n) is 3.02. The van der Waals surface area contributed by atoms with Gasteiger partial charge in [0, 0.05) is 7.11 Å². The summed E-state index contributed by atoms with van der Waals surface area (Å²) >= 11 is 0. The van der Waals surface area contributed by atoms with E-state index < -0.39 is 0 Å². The molecule has 1 aliphatic heterocycles. The lowest BCUT2D eigenvalue weighted by Gasteiger charge is -2.26. The molecule has 0 aliphatic carbocycles. The minimum absolute atomic E-state index is 0.0360. The van der Waals surface area contributed by atoms with Gasteiger partial charge in [0.15, 0.2) is 6.29 Å². The van der Waals surface area contributed by atoms with Gasteiger partial charge in [-0.2, -0.15) is 0 Å². The van der Waals surface area contributed by atoms with Crippen LogP contribution in [0.25, 0.3) is 0 Å². The average molecular weight is 160 g/mol. The van der Waals surface area contributed by atoms with E-state index in [9.17, 15) is 0 Å². The predicted molar refractivity (Wildman–Crippen MR) is 41.1 cm³/mol. The molecule has 0 saturated carbocycles. The highest BCUT2D eigenvalue weighted by Crippen LogP contribution is 2.18. The molecule has 3 heteroatoms. The Balaban J connectivity index is 2.07. The van der Waals surface area contributed by atoms with Gasteiger partial charge in [-0.05, 0) is 18.8 Å². The van der Waals surface area contributed by atoms with Crippen molar-refractivity contribution in [3.05, 3.63) is 0 Å². The summed E-state index contributed by atoms with van der Waals surface area (Å²) in [5, 5.41) is 0. The van der Waals surface area contributed by atoms with E-state index in [0.717, 1.165) is 13.0 Å². The predicted octanol–water partition coefficient (Wildman–Crippen LogP) is 1.38. The molecule has 1 unspecified atom stereocenters. The third-order valence-electron chi connectivity index (χ3n) is 1.83. The molecule has 0 amide bonds. The van der Waals surface area contributed by atoms with Gasteiger partial charge in [0.1, 0.15) is 6.79 Å². The van der Waals surface area contributed by atoms with E-state index in [1.165, 1.54) is 6.42 Å². The van der Waals surface area contributed by atoms with Gasteiger partial charge in [0.05, 0.1) is 6.61 Å². The molecule has 0 spiro atoms. The summed E-state index contributed by atoms with van der Waals surface area (Å²) in [6.45, 7) is 3.33. The topological polar surface area (TPSA) is 27.7 Å². The second kappa shape index (κ2) is 4.70. The Morgan fingerprint density at radius 2 is 2.27 bits per heavy atom. The van der Waals surface area contributed by atoms with Crippen LogP contribution in [0.3, 0.4) is 0 Å². The molecule has 0 aromatic heterocycles. The Morgan fingerprint density at radius 3 is 2.82 bits per heavy atom. The first kappa shape index (κ1) is 8.97. The fraction of sp³-hybridized carbons (Fsp3) is 1.00. The maximum Gasteiger partial charge on any atom is 0.160 e. The lowest BCUT2D eigenvalue weighted by Crippen LogP contribution is -2.27. The van der Waals surface area contributed by atoms with Crippen molar-refractivity contribution >= 4 is 0 Å². The number of rotatable bonds is 3. The molecular formula is C8H16O3. The summed E-state index contributed by atoms with van der Waals surface area (Å²) in [5.41, 5.74) is 0. The zero-order valence-electron chi connectivity index (χ0n) is 7.21. The first-order valence-electron chi connectivity index (χ1n) is 4.05. The number of hydrogen-bond acceptors (Lipinski definition) is 3. The lowest BCUT2D eigenvalue weighted by atomic mass is 10.0. The Hall–Kier alpha value is -0.120. The first-order valence-corrected chi connectivity index (χ1v) is 4.05. The van der Waals surface area contributed by atoms with Gasteiger partial charge in [-0.3, -0.25) is 0 Å². The van der Waals surface area contributed by atoms with Crippen molar-refractivity contribution in [1.29, 1.82) is 0 Å². The molecule has 0 radical (unpaired) electrons. The van der Waals surface area contributed by atoms with E-state index in [1.807, 2.05) is 0 Å². The third-order valence-corrected chi connectivity index (χ3v) is 1.83. The summed E-state index contributed by atoms with van der Waals surface area (Å²) in [5.74, 6) is 0.678. The van der Waals surface area contributed by atoms with Gasteiger partial charge in [-0.1, -0.05) is 6.92 Å². The van der Waals surface area contributed by atoms with Gasteiger partial charge >= 0.3 is 0 Å². The fourth-order valence-corrected chi connectivity index (χ4v) is 1.13. The monoisotopic (exact) mass is 160 g/mol. The van der Waals surface area contributed by atoms with Crippen molar-refractivity contribution in [2.24, 2.45) is 5.92 Å². The summed E-state index contributed by atoms with van der Waals surface area (Å²) in [7, 11) is 1.62. The zero-order valence-corrected chi connectivity index (χ0v) is 7.21. The molecule has 1 saturated heterocycles. The Morgan fingerprint density at radius 1 is 1.45 bits per heavy atom. The maximum atomic E-state index is 5.39. The van der Waals surface area contributed by atoms with Crippen molar-refractivity contribution < 1.29 is 14.2 Å². The molecule has 0 N–H and O–H groups in total. The summed E-state index contributed by atoms with van der Waals surface area (Å²) in [6.07, 6.45) is 2.14. The molecule has 1 rings (SSSR count). The molecule has 0 bridgehead atoms. The van der Waals surface area contributed by atoms with Crippen molar-refractivity contribution in [3.63, 3.8) is 0 Å². The first-order chi connectivity index (χ1) is 5.33. The highest BCUT2D eigenvalue weighted by Gasteiger charge is 2.18. The van der Waals surface area contributed by atoms with E-state index in [2.05, 4.69) is 6.92 Å². The van der Waals surface area contributed by atoms with Crippen LogP contribution in [0.4, 0.5) is 0 Å². The van der Waals surface area contributed by atoms with Crippen LogP contribution in [0, 0.1) is 5.92 Å². The van der Waals surface area contributed by atoms with Crippen molar-refractivity contribution in [2.45, 2.75) is 26.1 Å². The van der Waals surface area contributed by atoms with Gasteiger partial charge in [0.2, 0.25) is 0 Å². The van der Waals surface area contributed by atoms with Crippen molar-refractivity contribution in [2.75, 3.05) is 20.5 Å². The Bertz CT molecular complexity index is 94.8. The highest BCUT2D eigenvalue weighted by atomic mass is 16.7. The van der Waals surface area contributed by atoms with Crippen LogP contribution in [0.2, 0.25) is 0 Å². The quantitative estimate of drug-likeness (QED) is 0.584. The number of ether oxygens (including phenoxy) is 3. The van der Waals surface area contributed by atoms with Gasteiger partial charge in [0.25, 0.3) is 0 Å². The zero-order chi connectivity index (χ0) is 8.10. The summed E-state index contributed by atoms with van der Waals surface area (Å²) in [6, 6.07) is 0. The Labute approximate surface area is 67.6 Å². The summed E-state index contributed by atoms with van der Waals surface area (Å²) in [4.78, 5) is 0. The average Bonchev–Trinajstić information content (AvgIpc) is 2.04. The van der Waals surface area contributed by atoms with Gasteiger partial charge in [-0.25, -0.2) is 0 Å². The standard InChI is InChI=1S/C8H16O3/c1-7-3-4-8(10-5-7)11-6-9-2/h7-8H,3-6H2,1-2H3/t7-,8?/m0/s1. The molecule has 0 aromatic rings. The van der Waals surface area contributed by atoms with Crippen LogP contribution in [0.1, 0.15) is 19.8 Å². The second-order valence-corrected chi connectivity index (χ2v) is 3.02. The van der Waals surface area contributed by atoms with E-state index in [-0.39, 0.29) is 6.29 Å². The number of hydrogen-bond donors (Lipinski definition) is 0. The van der Waals surface area contributed by atoms with Crippen LogP contribution in [-0.4, -0.2) is 26.8 Å². The largest absolute Gasteiger partial charge is 0.359 e. The normalized spacial score (nSPS) is 32.2. The van der Waals surface area contributed by atoms with Crippen LogP contribution in [0.5, 0.6) is 0 Å². The summed E-state index contributed by atoms with van der Waals surface area (Å²) < 4.78 is 15.4. The van der Waals surface area contributed by atoms with E-state index >= 15 is 0 Å². The van der Waals surface area contributed by atoms with Crippen LogP contribution in [0.15, 0.2) is 0 Å². The molecule has 3 nitrogen and oxygen atoms in total. The molecule has 11 heavy (non-hydrogen) atoms. The number of methoxy groups -OCH3 is 1. The molecule has 1 aliphatic rings.